The monoisotopic (exact) mass is 351 g/mol. The number of urea groups is 1. The van der Waals surface area contributed by atoms with Crippen molar-refractivity contribution in [3.05, 3.63) is 54.0 Å². The van der Waals surface area contributed by atoms with Crippen LogP contribution in [-0.2, 0) is 4.79 Å². The fourth-order valence-electron chi connectivity index (χ4n) is 3.19. The van der Waals surface area contributed by atoms with E-state index in [1.165, 1.54) is 12.5 Å². The molecule has 1 aliphatic carbocycles. The summed E-state index contributed by atoms with van der Waals surface area (Å²) >= 11 is 0. The molecule has 0 bridgehead atoms. The minimum absolute atomic E-state index is 0.119. The number of nitrogens with zero attached hydrogens (tertiary/aromatic N) is 1. The van der Waals surface area contributed by atoms with Crippen LogP contribution >= 0.6 is 0 Å². The third kappa shape index (κ3) is 3.49. The normalized spacial score (nSPS) is 21.9. The highest BCUT2D eigenvalue weighted by molar-refractivity contribution is 6.02. The maximum atomic E-state index is 12.2. The molecule has 6 nitrogen and oxygen atoms in total. The first-order chi connectivity index (χ1) is 12.6. The molecule has 2 heterocycles. The maximum absolute atomic E-state index is 12.2. The van der Waals surface area contributed by atoms with Crippen LogP contribution in [0.2, 0.25) is 0 Å². The van der Waals surface area contributed by atoms with Crippen LogP contribution in [0.15, 0.2) is 46.9 Å². The largest absolute Gasteiger partial charge is 0.461 e. The summed E-state index contributed by atoms with van der Waals surface area (Å²) in [7, 11) is 0. The van der Waals surface area contributed by atoms with Gasteiger partial charge in [0.25, 0.3) is 0 Å². The molecule has 4 rings (SSSR count). The Labute approximate surface area is 151 Å². The lowest BCUT2D eigenvalue weighted by Gasteiger charge is -2.15. The predicted molar refractivity (Wildman–Crippen MR) is 100 cm³/mol. The first-order valence-corrected chi connectivity index (χ1v) is 8.84. The number of hydrogen-bond acceptors (Lipinski definition) is 3. The van der Waals surface area contributed by atoms with Crippen molar-refractivity contribution in [1.82, 2.24) is 5.32 Å². The number of furan rings is 1. The van der Waals surface area contributed by atoms with Gasteiger partial charge in [-0.1, -0.05) is 13.0 Å². The molecule has 0 unspecified atom stereocenters. The second kappa shape index (κ2) is 6.71. The van der Waals surface area contributed by atoms with Crippen LogP contribution in [-0.4, -0.2) is 25.0 Å². The van der Waals surface area contributed by atoms with E-state index in [1.54, 1.807) is 23.1 Å². The third-order valence-electron chi connectivity index (χ3n) is 4.80. The summed E-state index contributed by atoms with van der Waals surface area (Å²) in [4.78, 5) is 25.6. The van der Waals surface area contributed by atoms with Crippen LogP contribution in [0, 0.1) is 5.92 Å². The summed E-state index contributed by atoms with van der Waals surface area (Å²) in [5.74, 6) is 2.64. The Bertz CT molecular complexity index is 871. The zero-order valence-corrected chi connectivity index (χ0v) is 14.6. The Morgan fingerprint density at radius 2 is 2.19 bits per heavy atom. The fourth-order valence-corrected chi connectivity index (χ4v) is 3.19. The molecule has 1 aromatic heterocycles. The van der Waals surface area contributed by atoms with Gasteiger partial charge in [-0.25, -0.2) is 4.79 Å². The Balaban J connectivity index is 1.38. The van der Waals surface area contributed by atoms with E-state index in [-0.39, 0.29) is 11.9 Å². The molecule has 6 heteroatoms. The molecule has 1 aromatic carbocycles. The molecule has 1 saturated carbocycles. The molecular weight excluding hydrogens is 330 g/mol. The number of amides is 3. The molecule has 134 valence electrons. The van der Waals surface area contributed by atoms with E-state index in [4.69, 9.17) is 4.42 Å². The van der Waals surface area contributed by atoms with Gasteiger partial charge in [-0.15, -0.1) is 0 Å². The molecule has 2 aromatic rings. The van der Waals surface area contributed by atoms with Crippen molar-refractivity contribution in [2.24, 2.45) is 5.92 Å². The van der Waals surface area contributed by atoms with Crippen molar-refractivity contribution in [2.75, 3.05) is 23.3 Å². The van der Waals surface area contributed by atoms with Crippen molar-refractivity contribution < 1.29 is 14.0 Å². The third-order valence-corrected chi connectivity index (χ3v) is 4.80. The van der Waals surface area contributed by atoms with Gasteiger partial charge in [0.05, 0.1) is 0 Å². The predicted octanol–water partition coefficient (Wildman–Crippen LogP) is 3.58. The molecular formula is C20H21N3O3. The van der Waals surface area contributed by atoms with Gasteiger partial charge in [-0.3, -0.25) is 9.69 Å². The first kappa shape index (κ1) is 16.4. The Hall–Kier alpha value is -3.02. The van der Waals surface area contributed by atoms with E-state index in [9.17, 15) is 9.59 Å². The van der Waals surface area contributed by atoms with E-state index in [2.05, 4.69) is 17.6 Å². The van der Waals surface area contributed by atoms with Crippen molar-refractivity contribution in [1.29, 1.82) is 0 Å². The lowest BCUT2D eigenvalue weighted by Crippen LogP contribution is -2.27. The summed E-state index contributed by atoms with van der Waals surface area (Å²) in [6.07, 6.45) is 4.29. The van der Waals surface area contributed by atoms with Gasteiger partial charge in [0, 0.05) is 36.5 Å². The molecule has 2 atom stereocenters. The summed E-state index contributed by atoms with van der Waals surface area (Å²) in [6, 6.07) is 11.0. The second-order valence-electron chi connectivity index (χ2n) is 6.82. The highest BCUT2D eigenvalue weighted by Crippen LogP contribution is 2.47. The molecule has 1 aliphatic heterocycles. The van der Waals surface area contributed by atoms with Gasteiger partial charge in [0.2, 0.25) is 5.91 Å². The Kier molecular flexibility index (Phi) is 4.24. The minimum Gasteiger partial charge on any atom is -0.461 e. The number of rotatable bonds is 5. The highest BCUT2D eigenvalue weighted by atomic mass is 16.3. The molecule has 1 saturated heterocycles. The SMILES string of the molecule is C[C@@H]1C[C@@H]1c1ccc(/C=C/C(=O)Nc2cccc(N3CCNC3=O)c2)o1. The topological polar surface area (TPSA) is 74.6 Å². The average Bonchev–Trinajstić information content (AvgIpc) is 3.00. The van der Waals surface area contributed by atoms with Gasteiger partial charge in [-0.2, -0.15) is 0 Å². The van der Waals surface area contributed by atoms with Crippen LogP contribution in [0.3, 0.4) is 0 Å². The molecule has 2 fully saturated rings. The van der Waals surface area contributed by atoms with Crippen LogP contribution in [0.4, 0.5) is 16.2 Å². The number of benzene rings is 1. The van der Waals surface area contributed by atoms with Crippen LogP contribution in [0.1, 0.15) is 30.8 Å². The van der Waals surface area contributed by atoms with Gasteiger partial charge in [0.1, 0.15) is 11.5 Å². The Morgan fingerprint density at radius 3 is 2.92 bits per heavy atom. The standard InChI is InChI=1S/C20H21N3O3/c1-13-11-17(13)18-7-5-16(26-18)6-8-19(24)22-14-3-2-4-15(12-14)23-10-9-21-20(23)25/h2-8,12-13,17H,9-11H2,1H3,(H,21,25)(H,22,24)/b8-6+/t13-,17+/m1/s1. The van der Waals surface area contributed by atoms with Crippen molar-refractivity contribution in [3.63, 3.8) is 0 Å². The fraction of sp³-hybridized carbons (Fsp3) is 0.300. The van der Waals surface area contributed by atoms with Crippen LogP contribution in [0.25, 0.3) is 6.08 Å². The molecule has 2 N–H and O–H groups in total. The van der Waals surface area contributed by atoms with Gasteiger partial charge in [0.15, 0.2) is 0 Å². The van der Waals surface area contributed by atoms with Gasteiger partial charge >= 0.3 is 6.03 Å². The van der Waals surface area contributed by atoms with Crippen molar-refractivity contribution in [3.8, 4) is 0 Å². The van der Waals surface area contributed by atoms with Gasteiger partial charge in [-0.05, 0) is 48.7 Å². The first-order valence-electron chi connectivity index (χ1n) is 8.84. The van der Waals surface area contributed by atoms with E-state index >= 15 is 0 Å². The molecule has 0 radical (unpaired) electrons. The van der Waals surface area contributed by atoms with Crippen molar-refractivity contribution in [2.45, 2.75) is 19.3 Å². The second-order valence-corrected chi connectivity index (χ2v) is 6.82. The van der Waals surface area contributed by atoms with Crippen LogP contribution in [0.5, 0.6) is 0 Å². The number of anilines is 2. The lowest BCUT2D eigenvalue weighted by molar-refractivity contribution is -0.111. The Morgan fingerprint density at radius 1 is 1.35 bits per heavy atom. The summed E-state index contributed by atoms with van der Waals surface area (Å²) in [5.41, 5.74) is 1.40. The molecule has 2 aliphatic rings. The minimum atomic E-state index is -0.245. The molecule has 0 spiro atoms. The quantitative estimate of drug-likeness (QED) is 0.809. The smallest absolute Gasteiger partial charge is 0.321 e. The zero-order valence-electron chi connectivity index (χ0n) is 14.6. The molecule has 3 amide bonds. The zero-order chi connectivity index (χ0) is 18.1. The lowest BCUT2D eigenvalue weighted by atomic mass is 10.2. The number of nitrogens with one attached hydrogen (secondary N) is 2. The van der Waals surface area contributed by atoms with Crippen LogP contribution < -0.4 is 15.5 Å². The summed E-state index contributed by atoms with van der Waals surface area (Å²) in [5, 5.41) is 5.58. The number of carbonyl (C=O) groups excluding carboxylic acids is 2. The van der Waals surface area contributed by atoms with E-state index in [1.807, 2.05) is 24.3 Å². The van der Waals surface area contributed by atoms with Crippen molar-refractivity contribution >= 4 is 29.4 Å². The highest BCUT2D eigenvalue weighted by Gasteiger charge is 2.36. The van der Waals surface area contributed by atoms with E-state index in [0.717, 1.165) is 11.4 Å². The number of hydrogen-bond donors (Lipinski definition) is 2. The van der Waals surface area contributed by atoms with E-state index in [0.29, 0.717) is 36.4 Å². The van der Waals surface area contributed by atoms with Gasteiger partial charge < -0.3 is 15.1 Å². The average molecular weight is 351 g/mol. The van der Waals surface area contributed by atoms with E-state index < -0.39 is 0 Å². The summed E-state index contributed by atoms with van der Waals surface area (Å²) in [6.45, 7) is 3.45. The maximum Gasteiger partial charge on any atom is 0.321 e. The number of carbonyl (C=O) groups is 2. The summed E-state index contributed by atoms with van der Waals surface area (Å²) < 4.78 is 5.76. The molecule has 26 heavy (non-hydrogen) atoms.